The fraction of sp³-hybridized carbons (Fsp3) is 0.714. The number of nitrogens with zero attached hydrogens (tertiary/aromatic N) is 3. The molecule has 2 aliphatic rings. The van der Waals surface area contributed by atoms with Gasteiger partial charge in [-0.3, -0.25) is 0 Å². The third-order valence-corrected chi connectivity index (χ3v) is 4.44. The first-order chi connectivity index (χ1) is 10.5. The zero-order valence-electron chi connectivity index (χ0n) is 12.4. The molecule has 22 heavy (non-hydrogen) atoms. The van der Waals surface area contributed by atoms with Gasteiger partial charge in [0.1, 0.15) is 6.10 Å². The molecule has 2 saturated heterocycles. The van der Waals surface area contributed by atoms with Crippen molar-refractivity contribution in [2.24, 2.45) is 0 Å². The van der Waals surface area contributed by atoms with E-state index in [1.54, 1.807) is 0 Å². The van der Waals surface area contributed by atoms with E-state index >= 15 is 0 Å². The molecule has 0 aliphatic carbocycles. The first-order valence-corrected chi connectivity index (χ1v) is 7.34. The first-order valence-electron chi connectivity index (χ1n) is 7.34. The number of aromatic nitrogens is 2. The SMILES string of the molecule is COc1nc(N2CCC3(CC2)C[C@@H](O)[C@@H](O)CO3)ncc1F. The van der Waals surface area contributed by atoms with Crippen molar-refractivity contribution in [1.82, 2.24) is 9.97 Å². The molecule has 122 valence electrons. The molecule has 0 unspecified atom stereocenters. The van der Waals surface area contributed by atoms with Gasteiger partial charge < -0.3 is 24.6 Å². The highest BCUT2D eigenvalue weighted by atomic mass is 19.1. The standard InChI is InChI=1S/C14H20FN3O4/c1-21-12-9(15)7-16-13(17-12)18-4-2-14(3-5-18)6-10(19)11(20)8-22-14/h7,10-11,19-20H,2-6,8H2,1H3/t10-,11+/m1/s1. The van der Waals surface area contributed by atoms with Gasteiger partial charge in [-0.25, -0.2) is 4.98 Å². The van der Waals surface area contributed by atoms with E-state index in [0.29, 0.717) is 38.3 Å². The number of anilines is 1. The molecular weight excluding hydrogens is 293 g/mol. The lowest BCUT2D eigenvalue weighted by Gasteiger charge is -2.46. The van der Waals surface area contributed by atoms with E-state index in [0.717, 1.165) is 6.20 Å². The molecule has 0 radical (unpaired) electrons. The summed E-state index contributed by atoms with van der Waals surface area (Å²) in [4.78, 5) is 10.0. The van der Waals surface area contributed by atoms with Gasteiger partial charge in [0.15, 0.2) is 0 Å². The molecule has 1 aromatic rings. The topological polar surface area (TPSA) is 87.9 Å². The summed E-state index contributed by atoms with van der Waals surface area (Å²) < 4.78 is 24.0. The van der Waals surface area contributed by atoms with Gasteiger partial charge in [-0.15, -0.1) is 0 Å². The predicted molar refractivity (Wildman–Crippen MR) is 75.3 cm³/mol. The maximum atomic E-state index is 13.4. The fourth-order valence-corrected chi connectivity index (χ4v) is 3.05. The van der Waals surface area contributed by atoms with Gasteiger partial charge in [-0.1, -0.05) is 0 Å². The summed E-state index contributed by atoms with van der Waals surface area (Å²) in [5.74, 6) is -0.241. The Labute approximate surface area is 127 Å². The average Bonchev–Trinajstić information content (AvgIpc) is 2.53. The normalized spacial score (nSPS) is 27.9. The smallest absolute Gasteiger partial charge is 0.255 e. The van der Waals surface area contributed by atoms with Gasteiger partial charge in [-0.05, 0) is 12.8 Å². The zero-order valence-corrected chi connectivity index (χ0v) is 12.4. The molecule has 2 fully saturated rings. The monoisotopic (exact) mass is 313 g/mol. The van der Waals surface area contributed by atoms with Crippen molar-refractivity contribution < 1.29 is 24.1 Å². The van der Waals surface area contributed by atoms with Crippen LogP contribution in [-0.4, -0.2) is 64.8 Å². The molecule has 8 heteroatoms. The highest BCUT2D eigenvalue weighted by Gasteiger charge is 2.43. The molecule has 0 saturated carbocycles. The molecule has 3 heterocycles. The molecule has 0 aromatic carbocycles. The highest BCUT2D eigenvalue weighted by molar-refractivity contribution is 5.33. The van der Waals surface area contributed by atoms with Crippen LogP contribution in [0.4, 0.5) is 10.3 Å². The summed E-state index contributed by atoms with van der Waals surface area (Å²) in [7, 11) is 1.36. The van der Waals surface area contributed by atoms with Crippen molar-refractivity contribution in [3.05, 3.63) is 12.0 Å². The van der Waals surface area contributed by atoms with E-state index in [1.807, 2.05) is 4.90 Å². The van der Waals surface area contributed by atoms with Gasteiger partial charge in [0.2, 0.25) is 11.8 Å². The second kappa shape index (κ2) is 5.94. The lowest BCUT2D eigenvalue weighted by atomic mass is 9.82. The number of piperidine rings is 1. The van der Waals surface area contributed by atoms with E-state index in [2.05, 4.69) is 9.97 Å². The minimum Gasteiger partial charge on any atom is -0.479 e. The van der Waals surface area contributed by atoms with Crippen molar-refractivity contribution in [2.45, 2.75) is 37.1 Å². The molecule has 3 rings (SSSR count). The Morgan fingerprint density at radius 2 is 2.09 bits per heavy atom. The Kier molecular flexibility index (Phi) is 4.16. The first kappa shape index (κ1) is 15.4. The zero-order chi connectivity index (χ0) is 15.7. The van der Waals surface area contributed by atoms with Crippen molar-refractivity contribution >= 4 is 5.95 Å². The lowest BCUT2D eigenvalue weighted by Crippen LogP contribution is -2.54. The van der Waals surface area contributed by atoms with Crippen LogP contribution in [0.3, 0.4) is 0 Å². The Bertz CT molecular complexity index is 537. The van der Waals surface area contributed by atoms with Gasteiger partial charge >= 0.3 is 0 Å². The van der Waals surface area contributed by atoms with Gasteiger partial charge in [0, 0.05) is 19.5 Å². The maximum absolute atomic E-state index is 13.4. The van der Waals surface area contributed by atoms with E-state index in [1.165, 1.54) is 7.11 Å². The number of aliphatic hydroxyl groups is 2. The maximum Gasteiger partial charge on any atom is 0.255 e. The van der Waals surface area contributed by atoms with Gasteiger partial charge in [0.05, 0.1) is 31.6 Å². The van der Waals surface area contributed by atoms with Crippen LogP contribution in [0.15, 0.2) is 6.20 Å². The van der Waals surface area contributed by atoms with Gasteiger partial charge in [-0.2, -0.15) is 9.37 Å². The molecule has 2 aliphatic heterocycles. The minimum atomic E-state index is -0.812. The second-order valence-electron chi connectivity index (χ2n) is 5.85. The number of rotatable bonds is 2. The third-order valence-electron chi connectivity index (χ3n) is 4.44. The van der Waals surface area contributed by atoms with Crippen LogP contribution in [0.1, 0.15) is 19.3 Å². The molecular formula is C14H20FN3O4. The average molecular weight is 313 g/mol. The third kappa shape index (κ3) is 2.86. The van der Waals surface area contributed by atoms with E-state index in [-0.39, 0.29) is 12.5 Å². The number of hydrogen-bond donors (Lipinski definition) is 2. The number of hydrogen-bond acceptors (Lipinski definition) is 7. The Hall–Kier alpha value is -1.51. The Morgan fingerprint density at radius 3 is 2.73 bits per heavy atom. The summed E-state index contributed by atoms with van der Waals surface area (Å²) in [6.45, 7) is 1.43. The van der Waals surface area contributed by atoms with Crippen LogP contribution in [-0.2, 0) is 4.74 Å². The van der Waals surface area contributed by atoms with Crippen LogP contribution >= 0.6 is 0 Å². The van der Waals surface area contributed by atoms with Crippen molar-refractivity contribution in [1.29, 1.82) is 0 Å². The van der Waals surface area contributed by atoms with Crippen molar-refractivity contribution in [3.63, 3.8) is 0 Å². The minimum absolute atomic E-state index is 0.0715. The molecule has 0 amide bonds. The summed E-state index contributed by atoms with van der Waals surface area (Å²) in [5.41, 5.74) is -0.404. The number of methoxy groups -OCH3 is 1. The van der Waals surface area contributed by atoms with Crippen LogP contribution in [0.5, 0.6) is 5.88 Å². The molecule has 0 bridgehead atoms. The fourth-order valence-electron chi connectivity index (χ4n) is 3.05. The molecule has 2 atom stereocenters. The number of halogens is 1. The van der Waals surface area contributed by atoms with E-state index < -0.39 is 23.6 Å². The van der Waals surface area contributed by atoms with E-state index in [4.69, 9.17) is 9.47 Å². The van der Waals surface area contributed by atoms with Crippen molar-refractivity contribution in [2.75, 3.05) is 31.7 Å². The predicted octanol–water partition coefficient (Wildman–Crippen LogP) is 0.105. The van der Waals surface area contributed by atoms with E-state index in [9.17, 15) is 14.6 Å². The van der Waals surface area contributed by atoms with Gasteiger partial charge in [0.25, 0.3) is 5.88 Å². The summed E-state index contributed by atoms with van der Waals surface area (Å²) >= 11 is 0. The molecule has 1 aromatic heterocycles. The highest BCUT2D eigenvalue weighted by Crippen LogP contribution is 2.36. The Morgan fingerprint density at radius 1 is 1.36 bits per heavy atom. The van der Waals surface area contributed by atoms with Crippen molar-refractivity contribution in [3.8, 4) is 5.88 Å². The largest absolute Gasteiger partial charge is 0.479 e. The molecule has 7 nitrogen and oxygen atoms in total. The van der Waals surface area contributed by atoms with Crippen LogP contribution < -0.4 is 9.64 Å². The second-order valence-corrected chi connectivity index (χ2v) is 5.85. The number of aliphatic hydroxyl groups excluding tert-OH is 2. The Balaban J connectivity index is 1.67. The molecule has 1 spiro atoms. The van der Waals surface area contributed by atoms with Crippen LogP contribution in [0.2, 0.25) is 0 Å². The van der Waals surface area contributed by atoms with Crippen LogP contribution in [0, 0.1) is 5.82 Å². The lowest BCUT2D eigenvalue weighted by molar-refractivity contribution is -0.178. The number of ether oxygens (including phenoxy) is 2. The van der Waals surface area contributed by atoms with Crippen LogP contribution in [0.25, 0.3) is 0 Å². The quantitative estimate of drug-likeness (QED) is 0.801. The summed E-state index contributed by atoms with van der Waals surface area (Å²) in [6, 6.07) is 0. The summed E-state index contributed by atoms with van der Waals surface area (Å²) in [5, 5.41) is 19.4. The molecule has 2 N–H and O–H groups in total. The summed E-state index contributed by atoms with van der Waals surface area (Å²) in [6.07, 6.45) is 1.36.